The number of rotatable bonds is 1. The molecule has 3 aliphatic rings. The average molecular weight is 275 g/mol. The highest BCUT2D eigenvalue weighted by atomic mass is 16.5. The molecule has 1 N–H and O–H groups in total. The second kappa shape index (κ2) is 4.60. The Morgan fingerprint density at radius 3 is 3.00 bits per heavy atom. The van der Waals surface area contributed by atoms with Crippen LogP contribution in [0, 0.1) is 0 Å². The van der Waals surface area contributed by atoms with E-state index in [0.29, 0.717) is 6.04 Å². The van der Waals surface area contributed by atoms with Crippen molar-refractivity contribution < 1.29 is 9.47 Å². The third kappa shape index (κ3) is 2.05. The van der Waals surface area contributed by atoms with E-state index in [1.807, 2.05) is 6.20 Å². The first-order chi connectivity index (χ1) is 9.74. The van der Waals surface area contributed by atoms with E-state index < -0.39 is 0 Å². The summed E-state index contributed by atoms with van der Waals surface area (Å²) < 4.78 is 11.6. The highest BCUT2D eigenvalue weighted by molar-refractivity contribution is 5.49. The highest BCUT2D eigenvalue weighted by Gasteiger charge is 2.44. The van der Waals surface area contributed by atoms with Crippen LogP contribution >= 0.6 is 0 Å². The normalized spacial score (nSPS) is 32.5. The summed E-state index contributed by atoms with van der Waals surface area (Å²) in [6, 6.07) is 2.74. The maximum absolute atomic E-state index is 6.20. The lowest BCUT2D eigenvalue weighted by atomic mass is 9.95. The number of morpholine rings is 1. The summed E-state index contributed by atoms with van der Waals surface area (Å²) in [4.78, 5) is 6.87. The summed E-state index contributed by atoms with van der Waals surface area (Å²) >= 11 is 0. The zero-order chi connectivity index (χ0) is 13.6. The number of pyridine rings is 1. The molecule has 3 aliphatic heterocycles. The van der Waals surface area contributed by atoms with Gasteiger partial charge in [-0.15, -0.1) is 0 Å². The van der Waals surface area contributed by atoms with Crippen molar-refractivity contribution in [2.24, 2.45) is 0 Å². The largest absolute Gasteiger partial charge is 0.484 e. The van der Waals surface area contributed by atoms with Crippen molar-refractivity contribution in [2.75, 3.05) is 37.7 Å². The van der Waals surface area contributed by atoms with Gasteiger partial charge in [0, 0.05) is 44.1 Å². The molecule has 0 radical (unpaired) electrons. The summed E-state index contributed by atoms with van der Waals surface area (Å²) in [5.74, 6) is 2.03. The zero-order valence-electron chi connectivity index (χ0n) is 11.9. The van der Waals surface area contributed by atoms with E-state index in [1.165, 1.54) is 5.56 Å². The van der Waals surface area contributed by atoms with Gasteiger partial charge in [0.2, 0.25) is 0 Å². The molecule has 4 rings (SSSR count). The van der Waals surface area contributed by atoms with Gasteiger partial charge < -0.3 is 19.7 Å². The highest BCUT2D eigenvalue weighted by Crippen LogP contribution is 2.40. The lowest BCUT2D eigenvalue weighted by Gasteiger charge is -2.27. The van der Waals surface area contributed by atoms with Crippen molar-refractivity contribution in [3.8, 4) is 5.75 Å². The molecule has 1 aromatic heterocycles. The van der Waals surface area contributed by atoms with Crippen LogP contribution in [0.4, 0.5) is 5.82 Å². The fourth-order valence-electron chi connectivity index (χ4n) is 3.56. The number of aromatic nitrogens is 1. The van der Waals surface area contributed by atoms with Crippen molar-refractivity contribution in [1.29, 1.82) is 0 Å². The van der Waals surface area contributed by atoms with E-state index >= 15 is 0 Å². The number of ether oxygens (including phenoxy) is 2. The van der Waals surface area contributed by atoms with Crippen molar-refractivity contribution in [3.05, 3.63) is 17.8 Å². The van der Waals surface area contributed by atoms with Crippen LogP contribution in [0.25, 0.3) is 0 Å². The number of hydrogen-bond donors (Lipinski definition) is 1. The first-order valence-electron chi connectivity index (χ1n) is 7.48. The molecule has 0 aliphatic carbocycles. The quantitative estimate of drug-likeness (QED) is 0.827. The Hall–Kier alpha value is -1.33. The third-order valence-electron chi connectivity index (χ3n) is 4.56. The van der Waals surface area contributed by atoms with Crippen LogP contribution in [0.2, 0.25) is 0 Å². The number of nitrogens with one attached hydrogen (secondary N) is 1. The molecule has 2 saturated heterocycles. The Labute approximate surface area is 119 Å². The second-order valence-electron chi connectivity index (χ2n) is 6.20. The fourth-order valence-corrected chi connectivity index (χ4v) is 3.56. The van der Waals surface area contributed by atoms with Gasteiger partial charge in [0.15, 0.2) is 0 Å². The van der Waals surface area contributed by atoms with Gasteiger partial charge in [0.25, 0.3) is 0 Å². The van der Waals surface area contributed by atoms with Crippen LogP contribution in [-0.2, 0) is 11.2 Å². The Bertz CT molecular complexity index is 516. The molecule has 0 bridgehead atoms. The molecule has 0 saturated carbocycles. The van der Waals surface area contributed by atoms with E-state index in [4.69, 9.17) is 9.47 Å². The van der Waals surface area contributed by atoms with Crippen LogP contribution in [0.5, 0.6) is 5.75 Å². The average Bonchev–Trinajstić information content (AvgIpc) is 3.01. The van der Waals surface area contributed by atoms with Gasteiger partial charge in [-0.1, -0.05) is 0 Å². The van der Waals surface area contributed by atoms with Crippen LogP contribution in [0.3, 0.4) is 0 Å². The minimum atomic E-state index is -0.0347. The molecular formula is C15H21N3O2. The summed E-state index contributed by atoms with van der Waals surface area (Å²) in [5, 5.41) is 3.49. The number of anilines is 1. The molecule has 0 amide bonds. The molecule has 5 heteroatoms. The van der Waals surface area contributed by atoms with Gasteiger partial charge in [0.05, 0.1) is 19.4 Å². The van der Waals surface area contributed by atoms with Crippen molar-refractivity contribution in [1.82, 2.24) is 10.3 Å². The van der Waals surface area contributed by atoms with Gasteiger partial charge >= 0.3 is 0 Å². The molecule has 2 atom stereocenters. The van der Waals surface area contributed by atoms with Gasteiger partial charge in [-0.2, -0.15) is 0 Å². The second-order valence-corrected chi connectivity index (χ2v) is 6.20. The zero-order valence-corrected chi connectivity index (χ0v) is 11.9. The van der Waals surface area contributed by atoms with E-state index in [-0.39, 0.29) is 5.60 Å². The summed E-state index contributed by atoms with van der Waals surface area (Å²) in [6.07, 6.45) is 3.98. The summed E-state index contributed by atoms with van der Waals surface area (Å²) in [5.41, 5.74) is 1.27. The minimum absolute atomic E-state index is 0.0347. The standard InChI is InChI=1S/C15H21N3O2/c1-11-7-15(10-17-11)8-12-6-14(16-9-13(12)20-15)18-2-4-19-5-3-18/h6,9,11,17H,2-5,7-8,10H2,1H3/t11-,15-/m0/s1. The van der Waals surface area contributed by atoms with E-state index in [2.05, 4.69) is 28.2 Å². The smallest absolute Gasteiger partial charge is 0.142 e. The molecule has 108 valence electrons. The number of hydrogen-bond acceptors (Lipinski definition) is 5. The number of fused-ring (bicyclic) bond motifs is 1. The SMILES string of the molecule is C[C@H]1C[C@@]2(CN1)Cc1cc(N3CCOCC3)ncc1O2. The molecule has 5 nitrogen and oxygen atoms in total. The van der Waals surface area contributed by atoms with E-state index in [9.17, 15) is 0 Å². The van der Waals surface area contributed by atoms with Gasteiger partial charge in [-0.3, -0.25) is 0 Å². The Morgan fingerprint density at radius 1 is 1.40 bits per heavy atom. The predicted octanol–water partition coefficient (Wildman–Crippen LogP) is 0.974. The molecular weight excluding hydrogens is 254 g/mol. The van der Waals surface area contributed by atoms with Crippen LogP contribution in [-0.4, -0.2) is 49.5 Å². The molecule has 20 heavy (non-hydrogen) atoms. The first-order valence-corrected chi connectivity index (χ1v) is 7.48. The molecule has 4 heterocycles. The molecule has 2 fully saturated rings. The van der Waals surface area contributed by atoms with Crippen molar-refractivity contribution >= 4 is 5.82 Å². The molecule has 1 aromatic rings. The van der Waals surface area contributed by atoms with Crippen LogP contribution in [0.1, 0.15) is 18.9 Å². The topological polar surface area (TPSA) is 46.6 Å². The molecule has 1 spiro atoms. The molecule has 0 unspecified atom stereocenters. The summed E-state index contributed by atoms with van der Waals surface area (Å²) in [7, 11) is 0. The Balaban J connectivity index is 1.56. The van der Waals surface area contributed by atoms with Gasteiger partial charge in [-0.05, 0) is 13.0 Å². The monoisotopic (exact) mass is 275 g/mol. The first kappa shape index (κ1) is 12.4. The number of nitrogens with zero attached hydrogens (tertiary/aromatic N) is 2. The van der Waals surface area contributed by atoms with Crippen LogP contribution < -0.4 is 15.0 Å². The Kier molecular flexibility index (Phi) is 2.86. The summed E-state index contributed by atoms with van der Waals surface area (Å²) in [6.45, 7) is 6.60. The van der Waals surface area contributed by atoms with Crippen molar-refractivity contribution in [2.45, 2.75) is 31.4 Å². The maximum Gasteiger partial charge on any atom is 0.142 e. The minimum Gasteiger partial charge on any atom is -0.484 e. The van der Waals surface area contributed by atoms with E-state index in [1.54, 1.807) is 0 Å². The lowest BCUT2D eigenvalue weighted by Crippen LogP contribution is -2.36. The van der Waals surface area contributed by atoms with Crippen LogP contribution in [0.15, 0.2) is 12.3 Å². The fraction of sp³-hybridized carbons (Fsp3) is 0.667. The van der Waals surface area contributed by atoms with Gasteiger partial charge in [0.1, 0.15) is 17.2 Å². The third-order valence-corrected chi connectivity index (χ3v) is 4.56. The van der Waals surface area contributed by atoms with E-state index in [0.717, 1.165) is 57.3 Å². The van der Waals surface area contributed by atoms with Gasteiger partial charge in [-0.25, -0.2) is 4.98 Å². The lowest BCUT2D eigenvalue weighted by molar-refractivity contribution is 0.115. The predicted molar refractivity (Wildman–Crippen MR) is 76.4 cm³/mol. The maximum atomic E-state index is 6.20. The van der Waals surface area contributed by atoms with Crippen molar-refractivity contribution in [3.63, 3.8) is 0 Å². The molecule has 0 aromatic carbocycles. The Morgan fingerprint density at radius 2 is 2.25 bits per heavy atom.